The first-order valence-electron chi connectivity index (χ1n) is 9.58. The molecule has 9 heteroatoms. The Hall–Kier alpha value is -3.78. The number of nitrogens with one attached hydrogen (secondary N) is 1. The molecule has 0 atom stereocenters. The Balaban J connectivity index is 1.71. The average molecular weight is 457 g/mol. The summed E-state index contributed by atoms with van der Waals surface area (Å²) in [5.74, 6) is 0.916. The number of hydrogen-bond acceptors (Lipinski definition) is 7. The van der Waals surface area contributed by atoms with Gasteiger partial charge >= 0.3 is 5.97 Å². The third-order valence-corrected chi connectivity index (χ3v) is 4.67. The SMILES string of the molecule is CCOC(=O)c1cc(-c2ccc(/C=N\NC(=O)c3cc(OC)cc(OC)c3)o2)ccc1Cl. The highest BCUT2D eigenvalue weighted by molar-refractivity contribution is 6.33. The first-order valence-corrected chi connectivity index (χ1v) is 9.96. The van der Waals surface area contributed by atoms with Gasteiger partial charge in [-0.3, -0.25) is 4.79 Å². The fourth-order valence-electron chi connectivity index (χ4n) is 2.78. The molecule has 3 aromatic rings. The van der Waals surface area contributed by atoms with Crippen molar-refractivity contribution in [1.29, 1.82) is 0 Å². The van der Waals surface area contributed by atoms with Gasteiger partial charge in [0.2, 0.25) is 0 Å². The molecule has 0 unspecified atom stereocenters. The largest absolute Gasteiger partial charge is 0.497 e. The van der Waals surface area contributed by atoms with Crippen LogP contribution < -0.4 is 14.9 Å². The Labute approximate surface area is 189 Å². The van der Waals surface area contributed by atoms with Crippen molar-refractivity contribution in [3.05, 3.63) is 70.4 Å². The molecule has 32 heavy (non-hydrogen) atoms. The van der Waals surface area contributed by atoms with E-state index in [1.165, 1.54) is 20.4 Å². The van der Waals surface area contributed by atoms with Crippen molar-refractivity contribution in [1.82, 2.24) is 5.43 Å². The molecule has 0 aliphatic heterocycles. The number of halogens is 1. The minimum Gasteiger partial charge on any atom is -0.497 e. The first kappa shape index (κ1) is 22.9. The second kappa shape index (κ2) is 10.5. The highest BCUT2D eigenvalue weighted by atomic mass is 35.5. The monoisotopic (exact) mass is 456 g/mol. The topological polar surface area (TPSA) is 99.4 Å². The quantitative estimate of drug-likeness (QED) is 0.303. The number of carbonyl (C=O) groups excluding carboxylic acids is 2. The van der Waals surface area contributed by atoms with Gasteiger partial charge in [0.25, 0.3) is 5.91 Å². The second-order valence-corrected chi connectivity index (χ2v) is 6.82. The molecule has 166 valence electrons. The molecule has 1 amide bonds. The molecule has 3 rings (SSSR count). The predicted molar refractivity (Wildman–Crippen MR) is 120 cm³/mol. The van der Waals surface area contributed by atoms with Gasteiger partial charge in [-0.25, -0.2) is 10.2 Å². The minimum atomic E-state index is -0.510. The van der Waals surface area contributed by atoms with Crippen LogP contribution in [-0.2, 0) is 4.74 Å². The lowest BCUT2D eigenvalue weighted by Gasteiger charge is -2.07. The van der Waals surface area contributed by atoms with Gasteiger partial charge in [0.15, 0.2) is 0 Å². The summed E-state index contributed by atoms with van der Waals surface area (Å²) in [5, 5.41) is 4.21. The van der Waals surface area contributed by atoms with E-state index in [0.717, 1.165) is 0 Å². The molecule has 0 radical (unpaired) electrons. The van der Waals surface area contributed by atoms with Crippen molar-refractivity contribution < 1.29 is 28.2 Å². The van der Waals surface area contributed by atoms with Crippen molar-refractivity contribution in [2.45, 2.75) is 6.92 Å². The van der Waals surface area contributed by atoms with Gasteiger partial charge < -0.3 is 18.6 Å². The van der Waals surface area contributed by atoms with Crippen LogP contribution in [-0.4, -0.2) is 38.9 Å². The number of amides is 1. The van der Waals surface area contributed by atoms with Crippen LogP contribution in [0.1, 0.15) is 33.4 Å². The summed E-state index contributed by atoms with van der Waals surface area (Å²) in [7, 11) is 3.00. The Morgan fingerprint density at radius 2 is 1.78 bits per heavy atom. The lowest BCUT2D eigenvalue weighted by atomic mass is 10.1. The normalized spacial score (nSPS) is 10.8. The van der Waals surface area contributed by atoms with Gasteiger partial charge in [0.05, 0.1) is 37.6 Å². The van der Waals surface area contributed by atoms with Crippen LogP contribution in [0, 0.1) is 0 Å². The summed E-state index contributed by atoms with van der Waals surface area (Å²) < 4.78 is 21.1. The van der Waals surface area contributed by atoms with Crippen molar-refractivity contribution in [3.8, 4) is 22.8 Å². The molecule has 1 aromatic heterocycles. The van der Waals surface area contributed by atoms with Crippen LogP contribution in [0.3, 0.4) is 0 Å². The lowest BCUT2D eigenvalue weighted by Crippen LogP contribution is -2.17. The fourth-order valence-corrected chi connectivity index (χ4v) is 2.97. The van der Waals surface area contributed by atoms with Crippen molar-refractivity contribution in [2.24, 2.45) is 5.10 Å². The molecule has 0 fully saturated rings. The predicted octanol–water partition coefficient (Wildman–Crippen LogP) is 4.56. The van der Waals surface area contributed by atoms with Gasteiger partial charge in [-0.05, 0) is 49.4 Å². The highest BCUT2D eigenvalue weighted by Gasteiger charge is 2.14. The van der Waals surface area contributed by atoms with E-state index in [1.807, 2.05) is 0 Å². The van der Waals surface area contributed by atoms with Gasteiger partial charge in [0, 0.05) is 17.2 Å². The number of rotatable bonds is 8. The number of nitrogens with zero attached hydrogens (tertiary/aromatic N) is 1. The maximum Gasteiger partial charge on any atom is 0.339 e. The zero-order valence-corrected chi connectivity index (χ0v) is 18.4. The molecule has 0 spiro atoms. The van der Waals surface area contributed by atoms with E-state index in [0.29, 0.717) is 34.1 Å². The molecule has 0 aliphatic carbocycles. The third kappa shape index (κ3) is 5.47. The highest BCUT2D eigenvalue weighted by Crippen LogP contribution is 2.27. The summed E-state index contributed by atoms with van der Waals surface area (Å²) in [6.07, 6.45) is 1.36. The van der Waals surface area contributed by atoms with E-state index in [1.54, 1.807) is 55.5 Å². The van der Waals surface area contributed by atoms with E-state index >= 15 is 0 Å². The summed E-state index contributed by atoms with van der Waals surface area (Å²) in [6, 6.07) is 13.1. The smallest absolute Gasteiger partial charge is 0.339 e. The van der Waals surface area contributed by atoms with Crippen LogP contribution in [0.25, 0.3) is 11.3 Å². The molecular weight excluding hydrogens is 436 g/mol. The molecule has 1 N–H and O–H groups in total. The summed E-state index contributed by atoms with van der Waals surface area (Å²) in [6.45, 7) is 1.96. The lowest BCUT2D eigenvalue weighted by molar-refractivity contribution is 0.0526. The molecule has 1 heterocycles. The molecule has 2 aromatic carbocycles. The van der Waals surface area contributed by atoms with Crippen molar-refractivity contribution >= 4 is 29.7 Å². The summed E-state index contributed by atoms with van der Waals surface area (Å²) in [5.41, 5.74) is 3.64. The molecule has 0 aliphatic rings. The molecule has 0 saturated carbocycles. The van der Waals surface area contributed by atoms with Crippen LogP contribution >= 0.6 is 11.6 Å². The Morgan fingerprint density at radius 1 is 1.06 bits per heavy atom. The van der Waals surface area contributed by atoms with Crippen LogP contribution in [0.15, 0.2) is 58.0 Å². The molecule has 0 saturated heterocycles. The van der Waals surface area contributed by atoms with Crippen LogP contribution in [0.4, 0.5) is 0 Å². The van der Waals surface area contributed by atoms with Gasteiger partial charge in [-0.2, -0.15) is 5.10 Å². The number of carbonyl (C=O) groups is 2. The maximum absolute atomic E-state index is 12.4. The van der Waals surface area contributed by atoms with Crippen LogP contribution in [0.2, 0.25) is 5.02 Å². The fraction of sp³-hybridized carbons (Fsp3) is 0.174. The Morgan fingerprint density at radius 3 is 2.44 bits per heavy atom. The number of hydrazone groups is 1. The average Bonchev–Trinajstić information content (AvgIpc) is 3.27. The molecule has 8 nitrogen and oxygen atoms in total. The van der Waals surface area contributed by atoms with E-state index in [4.69, 9.17) is 30.2 Å². The number of hydrogen-bond donors (Lipinski definition) is 1. The zero-order valence-electron chi connectivity index (χ0n) is 17.7. The second-order valence-electron chi connectivity index (χ2n) is 6.42. The minimum absolute atomic E-state index is 0.245. The standard InChI is InChI=1S/C23H21ClN2O6/c1-4-31-23(28)19-11-14(5-7-20(19)24)21-8-6-16(32-21)13-25-26-22(27)15-9-17(29-2)12-18(10-15)30-3/h5-13H,4H2,1-3H3,(H,26,27)/b25-13-. The number of ether oxygens (including phenoxy) is 3. The molecular formula is C23H21ClN2O6. The number of benzene rings is 2. The van der Waals surface area contributed by atoms with E-state index in [-0.39, 0.29) is 17.2 Å². The van der Waals surface area contributed by atoms with Gasteiger partial charge in [-0.1, -0.05) is 11.6 Å². The summed E-state index contributed by atoms with van der Waals surface area (Å²) in [4.78, 5) is 24.4. The Bertz CT molecular complexity index is 1130. The van der Waals surface area contributed by atoms with Gasteiger partial charge in [0.1, 0.15) is 23.0 Å². The first-order chi connectivity index (χ1) is 15.4. The maximum atomic E-state index is 12.4. The third-order valence-electron chi connectivity index (χ3n) is 4.34. The number of esters is 1. The number of methoxy groups -OCH3 is 2. The zero-order chi connectivity index (χ0) is 23.1. The summed E-state index contributed by atoms with van der Waals surface area (Å²) >= 11 is 6.10. The molecule has 0 bridgehead atoms. The van der Waals surface area contributed by atoms with E-state index in [9.17, 15) is 9.59 Å². The number of furan rings is 1. The van der Waals surface area contributed by atoms with E-state index in [2.05, 4.69) is 10.5 Å². The van der Waals surface area contributed by atoms with Crippen LogP contribution in [0.5, 0.6) is 11.5 Å². The van der Waals surface area contributed by atoms with Gasteiger partial charge in [-0.15, -0.1) is 0 Å². The van der Waals surface area contributed by atoms with Crippen molar-refractivity contribution in [3.63, 3.8) is 0 Å². The van der Waals surface area contributed by atoms with E-state index < -0.39 is 11.9 Å². The Kier molecular flexibility index (Phi) is 7.51. The van der Waals surface area contributed by atoms with Crippen molar-refractivity contribution in [2.75, 3.05) is 20.8 Å².